The minimum absolute atomic E-state index is 0.228. The molecule has 0 aliphatic carbocycles. The van der Waals surface area contributed by atoms with E-state index < -0.39 is 17.7 Å². The van der Waals surface area contributed by atoms with E-state index in [1.54, 1.807) is 18.4 Å². The number of benzene rings is 1. The Balaban J connectivity index is 1.87. The SMILES string of the molecule is OC(CNCc1ccco1)c1ccc(F)c(F)c1. The van der Waals surface area contributed by atoms with E-state index in [1.807, 2.05) is 0 Å². The quantitative estimate of drug-likeness (QED) is 0.860. The van der Waals surface area contributed by atoms with Crippen molar-refractivity contribution in [2.75, 3.05) is 6.54 Å². The van der Waals surface area contributed by atoms with Crippen molar-refractivity contribution in [1.82, 2.24) is 5.32 Å². The number of nitrogens with one attached hydrogen (secondary N) is 1. The maximum atomic E-state index is 13.0. The van der Waals surface area contributed by atoms with Crippen molar-refractivity contribution in [2.24, 2.45) is 0 Å². The molecule has 0 bridgehead atoms. The average molecular weight is 253 g/mol. The number of aliphatic hydroxyl groups excluding tert-OH is 1. The number of hydrogen-bond acceptors (Lipinski definition) is 3. The lowest BCUT2D eigenvalue weighted by molar-refractivity contribution is 0.173. The normalized spacial score (nSPS) is 12.6. The van der Waals surface area contributed by atoms with Crippen LogP contribution in [-0.2, 0) is 6.54 Å². The number of furan rings is 1. The van der Waals surface area contributed by atoms with Gasteiger partial charge in [0.15, 0.2) is 11.6 Å². The van der Waals surface area contributed by atoms with E-state index >= 15 is 0 Å². The zero-order chi connectivity index (χ0) is 13.0. The Morgan fingerprint density at radius 1 is 1.22 bits per heavy atom. The van der Waals surface area contributed by atoms with Crippen molar-refractivity contribution < 1.29 is 18.3 Å². The fourth-order valence-corrected chi connectivity index (χ4v) is 1.58. The second kappa shape index (κ2) is 5.75. The molecule has 96 valence electrons. The van der Waals surface area contributed by atoms with Crippen LogP contribution in [0.4, 0.5) is 8.78 Å². The molecule has 1 aromatic carbocycles. The molecule has 0 amide bonds. The molecule has 1 atom stereocenters. The van der Waals surface area contributed by atoms with E-state index in [-0.39, 0.29) is 6.54 Å². The second-order valence-electron chi connectivity index (χ2n) is 3.90. The maximum Gasteiger partial charge on any atom is 0.159 e. The Morgan fingerprint density at radius 2 is 2.06 bits per heavy atom. The van der Waals surface area contributed by atoms with Gasteiger partial charge in [0, 0.05) is 6.54 Å². The van der Waals surface area contributed by atoms with E-state index in [9.17, 15) is 13.9 Å². The van der Waals surface area contributed by atoms with Crippen LogP contribution in [0.2, 0.25) is 0 Å². The van der Waals surface area contributed by atoms with Gasteiger partial charge in [-0.15, -0.1) is 0 Å². The smallest absolute Gasteiger partial charge is 0.159 e. The molecule has 1 aromatic heterocycles. The molecule has 0 spiro atoms. The number of aliphatic hydroxyl groups is 1. The Labute approximate surface area is 103 Å². The molecule has 0 fully saturated rings. The van der Waals surface area contributed by atoms with E-state index in [0.717, 1.165) is 17.9 Å². The summed E-state index contributed by atoms with van der Waals surface area (Å²) in [7, 11) is 0. The van der Waals surface area contributed by atoms with Crippen LogP contribution < -0.4 is 5.32 Å². The highest BCUT2D eigenvalue weighted by molar-refractivity contribution is 5.20. The topological polar surface area (TPSA) is 45.4 Å². The standard InChI is InChI=1S/C13H13F2NO2/c14-11-4-3-9(6-12(11)15)13(17)8-16-7-10-2-1-5-18-10/h1-6,13,16-17H,7-8H2. The molecule has 2 aromatic rings. The molecule has 0 saturated heterocycles. The van der Waals surface area contributed by atoms with Gasteiger partial charge in [0.1, 0.15) is 5.76 Å². The van der Waals surface area contributed by atoms with Crippen LogP contribution in [0.3, 0.4) is 0 Å². The van der Waals surface area contributed by atoms with Crippen LogP contribution in [0, 0.1) is 11.6 Å². The van der Waals surface area contributed by atoms with E-state index in [2.05, 4.69) is 5.32 Å². The molecular weight excluding hydrogens is 240 g/mol. The zero-order valence-electron chi connectivity index (χ0n) is 9.57. The summed E-state index contributed by atoms with van der Waals surface area (Å²) in [4.78, 5) is 0. The highest BCUT2D eigenvalue weighted by Gasteiger charge is 2.10. The van der Waals surface area contributed by atoms with Gasteiger partial charge in [-0.1, -0.05) is 6.07 Å². The van der Waals surface area contributed by atoms with Crippen LogP contribution in [0.15, 0.2) is 41.0 Å². The monoisotopic (exact) mass is 253 g/mol. The minimum atomic E-state index is -0.961. The van der Waals surface area contributed by atoms with Crippen molar-refractivity contribution in [2.45, 2.75) is 12.6 Å². The third-order valence-electron chi connectivity index (χ3n) is 2.55. The molecule has 5 heteroatoms. The molecular formula is C13H13F2NO2. The van der Waals surface area contributed by atoms with Crippen molar-refractivity contribution >= 4 is 0 Å². The first-order valence-corrected chi connectivity index (χ1v) is 5.53. The third-order valence-corrected chi connectivity index (χ3v) is 2.55. The summed E-state index contributed by atoms with van der Waals surface area (Å²) < 4.78 is 30.8. The fraction of sp³-hybridized carbons (Fsp3) is 0.231. The summed E-state index contributed by atoms with van der Waals surface area (Å²) in [6, 6.07) is 6.92. The molecule has 2 N–H and O–H groups in total. The Hall–Kier alpha value is -1.72. The van der Waals surface area contributed by atoms with Gasteiger partial charge in [-0.3, -0.25) is 0 Å². The van der Waals surface area contributed by atoms with Crippen LogP contribution in [0.5, 0.6) is 0 Å². The van der Waals surface area contributed by atoms with Gasteiger partial charge in [-0.2, -0.15) is 0 Å². The van der Waals surface area contributed by atoms with Gasteiger partial charge < -0.3 is 14.8 Å². The fourth-order valence-electron chi connectivity index (χ4n) is 1.58. The summed E-state index contributed by atoms with van der Waals surface area (Å²) in [6.45, 7) is 0.694. The van der Waals surface area contributed by atoms with Gasteiger partial charge in [-0.25, -0.2) is 8.78 Å². The number of halogens is 2. The highest BCUT2D eigenvalue weighted by atomic mass is 19.2. The van der Waals surface area contributed by atoms with Gasteiger partial charge in [0.05, 0.1) is 18.9 Å². The summed E-state index contributed by atoms with van der Waals surface area (Å²) >= 11 is 0. The van der Waals surface area contributed by atoms with Crippen molar-refractivity contribution in [3.05, 3.63) is 59.6 Å². The van der Waals surface area contributed by atoms with Crippen molar-refractivity contribution in [3.8, 4) is 0 Å². The van der Waals surface area contributed by atoms with Gasteiger partial charge >= 0.3 is 0 Å². The summed E-state index contributed by atoms with van der Waals surface area (Å²) in [6.07, 6.45) is 0.665. The first-order chi connectivity index (χ1) is 8.66. The lowest BCUT2D eigenvalue weighted by Crippen LogP contribution is -2.21. The van der Waals surface area contributed by atoms with E-state index in [4.69, 9.17) is 4.42 Å². The largest absolute Gasteiger partial charge is 0.468 e. The summed E-state index contributed by atoms with van der Waals surface area (Å²) in [5.41, 5.74) is 0.334. The molecule has 0 radical (unpaired) electrons. The van der Waals surface area contributed by atoms with Crippen LogP contribution in [0.25, 0.3) is 0 Å². The first kappa shape index (κ1) is 12.7. The Kier molecular flexibility index (Phi) is 4.07. The highest BCUT2D eigenvalue weighted by Crippen LogP contribution is 2.15. The minimum Gasteiger partial charge on any atom is -0.468 e. The lowest BCUT2D eigenvalue weighted by atomic mass is 10.1. The van der Waals surface area contributed by atoms with Crippen molar-refractivity contribution in [1.29, 1.82) is 0 Å². The first-order valence-electron chi connectivity index (χ1n) is 5.53. The molecule has 1 heterocycles. The Bertz CT molecular complexity index is 500. The van der Waals surface area contributed by atoms with Gasteiger partial charge in [-0.05, 0) is 29.8 Å². The molecule has 2 rings (SSSR count). The predicted molar refractivity (Wildman–Crippen MR) is 61.7 cm³/mol. The second-order valence-corrected chi connectivity index (χ2v) is 3.90. The molecule has 18 heavy (non-hydrogen) atoms. The third kappa shape index (κ3) is 3.15. The summed E-state index contributed by atoms with van der Waals surface area (Å²) in [5.74, 6) is -1.14. The predicted octanol–water partition coefficient (Wildman–Crippen LogP) is 2.38. The number of rotatable bonds is 5. The van der Waals surface area contributed by atoms with Gasteiger partial charge in [0.25, 0.3) is 0 Å². The van der Waals surface area contributed by atoms with Gasteiger partial charge in [0.2, 0.25) is 0 Å². The molecule has 1 unspecified atom stereocenters. The van der Waals surface area contributed by atoms with Crippen molar-refractivity contribution in [3.63, 3.8) is 0 Å². The van der Waals surface area contributed by atoms with Crippen LogP contribution >= 0.6 is 0 Å². The van der Waals surface area contributed by atoms with E-state index in [1.165, 1.54) is 6.07 Å². The molecule has 0 saturated carbocycles. The molecule has 0 aliphatic rings. The molecule has 0 aliphatic heterocycles. The Morgan fingerprint density at radius 3 is 2.72 bits per heavy atom. The lowest BCUT2D eigenvalue weighted by Gasteiger charge is -2.11. The number of hydrogen-bond donors (Lipinski definition) is 2. The summed E-state index contributed by atoms with van der Waals surface area (Å²) in [5, 5.41) is 12.7. The van der Waals surface area contributed by atoms with Crippen LogP contribution in [-0.4, -0.2) is 11.7 Å². The maximum absolute atomic E-state index is 13.0. The zero-order valence-corrected chi connectivity index (χ0v) is 9.57. The molecule has 3 nitrogen and oxygen atoms in total. The van der Waals surface area contributed by atoms with Crippen LogP contribution in [0.1, 0.15) is 17.4 Å². The van der Waals surface area contributed by atoms with E-state index in [0.29, 0.717) is 12.1 Å². The average Bonchev–Trinajstić information content (AvgIpc) is 2.85.